The zero-order chi connectivity index (χ0) is 21.4. The van der Waals surface area contributed by atoms with Crippen LogP contribution in [0, 0.1) is 26.6 Å². The first-order valence-corrected chi connectivity index (χ1v) is 9.42. The maximum Gasteiger partial charge on any atom is 0.293 e. The number of rotatable bonds is 4. The van der Waals surface area contributed by atoms with Crippen molar-refractivity contribution < 1.29 is 9.18 Å². The molecule has 1 amide bonds. The molecule has 7 nitrogen and oxygen atoms in total. The summed E-state index contributed by atoms with van der Waals surface area (Å²) in [5.74, 6) is -1.10. The van der Waals surface area contributed by atoms with Crippen LogP contribution in [0.15, 0.2) is 53.5 Å². The van der Waals surface area contributed by atoms with Crippen molar-refractivity contribution in [2.75, 3.05) is 5.32 Å². The lowest BCUT2D eigenvalue weighted by atomic mass is 10.1. The third kappa shape index (κ3) is 3.47. The molecular weight excluding hydrogens is 385 g/mol. The molecule has 0 aliphatic carbocycles. The van der Waals surface area contributed by atoms with Gasteiger partial charge in [0, 0.05) is 5.39 Å². The molecule has 0 aliphatic heterocycles. The van der Waals surface area contributed by atoms with Gasteiger partial charge in [0.2, 0.25) is 5.91 Å². The molecule has 0 bridgehead atoms. The fourth-order valence-electron chi connectivity index (χ4n) is 3.27. The van der Waals surface area contributed by atoms with Crippen LogP contribution in [0.3, 0.4) is 0 Å². The highest BCUT2D eigenvalue weighted by molar-refractivity contribution is 5.91. The summed E-state index contributed by atoms with van der Waals surface area (Å²) in [6.45, 7) is 5.40. The number of amides is 1. The lowest BCUT2D eigenvalue weighted by Crippen LogP contribution is -2.31. The second-order valence-electron chi connectivity index (χ2n) is 7.16. The Kier molecular flexibility index (Phi) is 4.91. The Balaban J connectivity index is 1.74. The van der Waals surface area contributed by atoms with Crippen LogP contribution in [0.1, 0.15) is 16.8 Å². The maximum atomic E-state index is 13.8. The van der Waals surface area contributed by atoms with E-state index in [1.165, 1.54) is 18.2 Å². The first-order chi connectivity index (χ1) is 14.3. The summed E-state index contributed by atoms with van der Waals surface area (Å²) in [5, 5.41) is 11.7. The number of benzene rings is 2. The minimum Gasteiger partial charge on any atom is -0.322 e. The largest absolute Gasteiger partial charge is 0.322 e. The average Bonchev–Trinajstić information content (AvgIpc) is 3.16. The predicted octanol–water partition coefficient (Wildman–Crippen LogP) is 3.29. The lowest BCUT2D eigenvalue weighted by molar-refractivity contribution is -0.117. The van der Waals surface area contributed by atoms with Crippen LogP contribution < -0.4 is 10.9 Å². The number of para-hydroxylation sites is 1. The van der Waals surface area contributed by atoms with Crippen LogP contribution in [0.25, 0.3) is 16.6 Å². The molecule has 2 aromatic carbocycles. The zero-order valence-corrected chi connectivity index (χ0v) is 16.8. The number of carbonyl (C=O) groups is 1. The normalized spacial score (nSPS) is 11.1. The van der Waals surface area contributed by atoms with Crippen LogP contribution in [-0.2, 0) is 11.3 Å². The molecule has 2 heterocycles. The highest BCUT2D eigenvalue weighted by Crippen LogP contribution is 2.19. The maximum absolute atomic E-state index is 13.8. The van der Waals surface area contributed by atoms with E-state index in [9.17, 15) is 14.0 Å². The molecule has 1 N–H and O–H groups in total. The van der Waals surface area contributed by atoms with E-state index < -0.39 is 17.3 Å². The van der Waals surface area contributed by atoms with Gasteiger partial charge in [-0.05, 0) is 56.2 Å². The average molecular weight is 405 g/mol. The third-order valence-electron chi connectivity index (χ3n) is 5.04. The zero-order valence-electron chi connectivity index (χ0n) is 16.8. The molecular formula is C22H20FN5O2. The fraction of sp³-hybridized carbons (Fsp3) is 0.182. The van der Waals surface area contributed by atoms with Crippen molar-refractivity contribution in [3.05, 3.63) is 81.7 Å². The second kappa shape index (κ2) is 7.55. The summed E-state index contributed by atoms with van der Waals surface area (Å²) >= 11 is 0. The molecule has 0 atom stereocenters. The summed E-state index contributed by atoms with van der Waals surface area (Å²) in [4.78, 5) is 25.5. The van der Waals surface area contributed by atoms with Gasteiger partial charge in [-0.15, -0.1) is 0 Å². The highest BCUT2D eigenvalue weighted by Gasteiger charge is 2.17. The first kappa shape index (κ1) is 19.5. The van der Waals surface area contributed by atoms with E-state index in [-0.39, 0.29) is 12.2 Å². The molecule has 0 aliphatic rings. The Bertz CT molecular complexity index is 1340. The highest BCUT2D eigenvalue weighted by atomic mass is 19.1. The summed E-state index contributed by atoms with van der Waals surface area (Å²) in [7, 11) is 0. The number of carbonyl (C=O) groups excluding carboxylic acids is 1. The Labute approximate surface area is 171 Å². The molecule has 0 spiro atoms. The van der Waals surface area contributed by atoms with E-state index in [1.54, 1.807) is 23.9 Å². The van der Waals surface area contributed by atoms with Crippen LogP contribution in [0.5, 0.6) is 0 Å². The SMILES string of the molecule is Cc1ccc(-n2ncc3c(C)nn(CC(=O)Nc4ccccc4F)c(=O)c32)cc1C. The van der Waals surface area contributed by atoms with Crippen LogP contribution >= 0.6 is 0 Å². The van der Waals surface area contributed by atoms with Crippen molar-refractivity contribution in [3.63, 3.8) is 0 Å². The number of nitrogens with zero attached hydrogens (tertiary/aromatic N) is 4. The molecule has 0 unspecified atom stereocenters. The number of aryl methyl sites for hydroxylation is 3. The summed E-state index contributed by atoms with van der Waals surface area (Å²) in [6.07, 6.45) is 1.60. The van der Waals surface area contributed by atoms with Crippen molar-refractivity contribution >= 4 is 22.5 Å². The second-order valence-corrected chi connectivity index (χ2v) is 7.16. The molecule has 0 radical (unpaired) electrons. The number of aromatic nitrogens is 4. The molecule has 0 saturated heterocycles. The molecule has 0 saturated carbocycles. The van der Waals surface area contributed by atoms with Crippen LogP contribution in [0.4, 0.5) is 10.1 Å². The topological polar surface area (TPSA) is 81.8 Å². The number of halogens is 1. The first-order valence-electron chi connectivity index (χ1n) is 9.42. The van der Waals surface area contributed by atoms with E-state index in [0.717, 1.165) is 21.5 Å². The number of hydrogen-bond donors (Lipinski definition) is 1. The Hall–Kier alpha value is -3.81. The van der Waals surface area contributed by atoms with Gasteiger partial charge in [0.1, 0.15) is 17.9 Å². The van der Waals surface area contributed by atoms with Gasteiger partial charge in [-0.3, -0.25) is 9.59 Å². The minimum absolute atomic E-state index is 0.0496. The van der Waals surface area contributed by atoms with Gasteiger partial charge < -0.3 is 5.32 Å². The van der Waals surface area contributed by atoms with E-state index in [1.807, 2.05) is 32.0 Å². The van der Waals surface area contributed by atoms with Crippen molar-refractivity contribution in [2.45, 2.75) is 27.3 Å². The summed E-state index contributed by atoms with van der Waals surface area (Å²) in [5.41, 5.74) is 3.46. The van der Waals surface area contributed by atoms with Gasteiger partial charge in [0.05, 0.1) is 23.3 Å². The molecule has 4 rings (SSSR count). The van der Waals surface area contributed by atoms with Gasteiger partial charge >= 0.3 is 0 Å². The van der Waals surface area contributed by atoms with Gasteiger partial charge in [-0.1, -0.05) is 18.2 Å². The van der Waals surface area contributed by atoms with E-state index in [4.69, 9.17) is 0 Å². The molecule has 2 aromatic heterocycles. The quantitative estimate of drug-likeness (QED) is 0.565. The minimum atomic E-state index is -0.550. The van der Waals surface area contributed by atoms with E-state index in [0.29, 0.717) is 16.6 Å². The van der Waals surface area contributed by atoms with Gasteiger partial charge in [-0.25, -0.2) is 13.8 Å². The molecule has 152 valence electrons. The Morgan fingerprint density at radius 3 is 2.60 bits per heavy atom. The van der Waals surface area contributed by atoms with E-state index >= 15 is 0 Å². The standard InChI is InChI=1S/C22H20FN5O2/c1-13-8-9-16(10-14(13)2)28-21-17(11-24-28)15(3)26-27(22(21)30)12-20(29)25-19-7-5-4-6-18(19)23/h4-11H,12H2,1-3H3,(H,25,29). The third-order valence-corrected chi connectivity index (χ3v) is 5.04. The smallest absolute Gasteiger partial charge is 0.293 e. The monoisotopic (exact) mass is 405 g/mol. The number of hydrogen-bond acceptors (Lipinski definition) is 4. The lowest BCUT2D eigenvalue weighted by Gasteiger charge is -2.10. The summed E-state index contributed by atoms with van der Waals surface area (Å²) < 4.78 is 16.4. The van der Waals surface area contributed by atoms with Gasteiger partial charge in [-0.2, -0.15) is 10.2 Å². The van der Waals surface area contributed by atoms with Crippen LogP contribution in [-0.4, -0.2) is 25.5 Å². The van der Waals surface area contributed by atoms with Crippen molar-refractivity contribution in [1.82, 2.24) is 19.6 Å². The van der Waals surface area contributed by atoms with Crippen molar-refractivity contribution in [2.24, 2.45) is 0 Å². The summed E-state index contributed by atoms with van der Waals surface area (Å²) in [6, 6.07) is 11.6. The van der Waals surface area contributed by atoms with Crippen molar-refractivity contribution in [1.29, 1.82) is 0 Å². The van der Waals surface area contributed by atoms with Gasteiger partial charge in [0.15, 0.2) is 0 Å². The Morgan fingerprint density at radius 2 is 1.87 bits per heavy atom. The molecule has 30 heavy (non-hydrogen) atoms. The molecule has 8 heteroatoms. The van der Waals surface area contributed by atoms with Crippen molar-refractivity contribution in [3.8, 4) is 5.69 Å². The fourth-order valence-corrected chi connectivity index (χ4v) is 3.27. The Morgan fingerprint density at radius 1 is 1.10 bits per heavy atom. The number of fused-ring (bicyclic) bond motifs is 1. The van der Waals surface area contributed by atoms with Crippen LogP contribution in [0.2, 0.25) is 0 Å². The van der Waals surface area contributed by atoms with E-state index in [2.05, 4.69) is 15.5 Å². The number of anilines is 1. The predicted molar refractivity (Wildman–Crippen MR) is 112 cm³/mol. The number of nitrogens with one attached hydrogen (secondary N) is 1. The van der Waals surface area contributed by atoms with Gasteiger partial charge in [0.25, 0.3) is 5.56 Å². The molecule has 4 aromatic rings. The molecule has 0 fully saturated rings.